The lowest BCUT2D eigenvalue weighted by Crippen LogP contribution is -2.37. The Bertz CT molecular complexity index is 1780. The highest BCUT2D eigenvalue weighted by Crippen LogP contribution is 2.37. The third kappa shape index (κ3) is 2.92. The van der Waals surface area contributed by atoms with E-state index in [-0.39, 0.29) is 5.56 Å². The number of para-hydroxylation sites is 2. The number of anilines is 1. The molecule has 7 rings (SSSR count). The van der Waals surface area contributed by atoms with E-state index in [0.29, 0.717) is 43.3 Å². The summed E-state index contributed by atoms with van der Waals surface area (Å²) in [7, 11) is 0. The summed E-state index contributed by atoms with van der Waals surface area (Å²) < 4.78 is 17.7. The van der Waals surface area contributed by atoms with E-state index in [1.54, 1.807) is 0 Å². The van der Waals surface area contributed by atoms with Gasteiger partial charge in [-0.05, 0) is 34.5 Å². The van der Waals surface area contributed by atoms with Gasteiger partial charge in [0.05, 0.1) is 18.6 Å². The Morgan fingerprint density at radius 3 is 2.53 bits per heavy atom. The molecule has 0 aliphatic carbocycles. The second kappa shape index (κ2) is 7.43. The van der Waals surface area contributed by atoms with Gasteiger partial charge in [0.25, 0.3) is 5.56 Å². The molecule has 0 spiro atoms. The van der Waals surface area contributed by atoms with Gasteiger partial charge in [-0.3, -0.25) is 4.79 Å². The average molecular weight is 448 g/mol. The van der Waals surface area contributed by atoms with Crippen LogP contribution in [-0.4, -0.2) is 31.3 Å². The fraction of sp³-hybridized carbons (Fsp3) is 0.143. The smallest absolute Gasteiger partial charge is 0.301 e. The molecule has 1 aliphatic heterocycles. The van der Waals surface area contributed by atoms with E-state index < -0.39 is 0 Å². The SMILES string of the molecule is O=c1nc(N2CCOCC2)oc2ccc3cc(-c4cccc5c4oc4ccccc45)ccc3c12. The number of furan rings is 1. The number of aromatic nitrogens is 1. The Kier molecular flexibility index (Phi) is 4.22. The van der Waals surface area contributed by atoms with Gasteiger partial charge in [-0.15, -0.1) is 0 Å². The Morgan fingerprint density at radius 2 is 1.62 bits per heavy atom. The maximum Gasteiger partial charge on any atom is 0.301 e. The standard InChI is InChI=1S/C28H20N2O4/c31-27-25-19-10-8-18(20-5-3-6-22-21-4-1-2-7-23(21)33-26(20)22)16-17(19)9-11-24(25)34-28(29-27)30-12-14-32-15-13-30/h1-11,16H,12-15H2. The number of nitrogens with zero attached hydrogens (tertiary/aromatic N) is 2. The van der Waals surface area contributed by atoms with Crippen molar-refractivity contribution >= 4 is 49.7 Å². The van der Waals surface area contributed by atoms with Crippen LogP contribution in [0.1, 0.15) is 0 Å². The maximum absolute atomic E-state index is 13.0. The summed E-state index contributed by atoms with van der Waals surface area (Å²) in [5.41, 5.74) is 4.04. The van der Waals surface area contributed by atoms with Crippen LogP contribution in [0.25, 0.3) is 54.8 Å². The minimum atomic E-state index is -0.277. The first-order chi connectivity index (χ1) is 16.8. The first-order valence-electron chi connectivity index (χ1n) is 11.4. The van der Waals surface area contributed by atoms with Crippen LogP contribution in [-0.2, 0) is 4.74 Å². The summed E-state index contributed by atoms with van der Waals surface area (Å²) in [4.78, 5) is 19.2. The topological polar surface area (TPSA) is 68.7 Å². The van der Waals surface area contributed by atoms with Gasteiger partial charge >= 0.3 is 6.01 Å². The van der Waals surface area contributed by atoms with Crippen LogP contribution in [0, 0.1) is 0 Å². The number of hydrogen-bond donors (Lipinski definition) is 0. The van der Waals surface area contributed by atoms with Crippen molar-refractivity contribution in [1.29, 1.82) is 0 Å². The lowest BCUT2D eigenvalue weighted by Gasteiger charge is -2.25. The van der Waals surface area contributed by atoms with Crippen LogP contribution >= 0.6 is 0 Å². The minimum Gasteiger partial charge on any atom is -0.455 e. The van der Waals surface area contributed by atoms with E-state index in [1.807, 2.05) is 47.4 Å². The van der Waals surface area contributed by atoms with Gasteiger partial charge in [0.1, 0.15) is 16.7 Å². The quantitative estimate of drug-likeness (QED) is 0.315. The van der Waals surface area contributed by atoms with Crippen LogP contribution in [0.15, 0.2) is 86.4 Å². The number of rotatable bonds is 2. The molecule has 0 atom stereocenters. The van der Waals surface area contributed by atoms with Crippen LogP contribution in [0.4, 0.5) is 6.01 Å². The largest absolute Gasteiger partial charge is 0.455 e. The van der Waals surface area contributed by atoms with Gasteiger partial charge < -0.3 is 18.5 Å². The summed E-state index contributed by atoms with van der Waals surface area (Å²) in [6.45, 7) is 2.52. The Labute approximate surface area is 194 Å². The molecule has 0 unspecified atom stereocenters. The molecule has 1 aliphatic rings. The molecule has 3 heterocycles. The molecule has 2 aromatic heterocycles. The van der Waals surface area contributed by atoms with Gasteiger partial charge in [0, 0.05) is 29.4 Å². The molecule has 0 bridgehead atoms. The molecule has 6 aromatic rings. The van der Waals surface area contributed by atoms with Crippen molar-refractivity contribution in [3.8, 4) is 11.1 Å². The average Bonchev–Trinajstić information content (AvgIpc) is 3.27. The molecule has 0 N–H and O–H groups in total. The van der Waals surface area contributed by atoms with Crippen LogP contribution < -0.4 is 10.5 Å². The van der Waals surface area contributed by atoms with Crippen LogP contribution in [0.3, 0.4) is 0 Å². The summed E-state index contributed by atoms with van der Waals surface area (Å²) in [5, 5.41) is 4.47. The van der Waals surface area contributed by atoms with Crippen molar-refractivity contribution in [3.63, 3.8) is 0 Å². The van der Waals surface area contributed by atoms with E-state index in [4.69, 9.17) is 13.6 Å². The summed E-state index contributed by atoms with van der Waals surface area (Å²) in [6, 6.07) is 24.6. The fourth-order valence-electron chi connectivity index (χ4n) is 4.91. The molecule has 4 aromatic carbocycles. The third-order valence-corrected chi connectivity index (χ3v) is 6.59. The fourth-order valence-corrected chi connectivity index (χ4v) is 4.91. The number of fused-ring (bicyclic) bond motifs is 6. The lowest BCUT2D eigenvalue weighted by molar-refractivity contribution is 0.120. The van der Waals surface area contributed by atoms with Crippen molar-refractivity contribution in [1.82, 2.24) is 4.98 Å². The van der Waals surface area contributed by atoms with Crippen molar-refractivity contribution < 1.29 is 13.6 Å². The lowest BCUT2D eigenvalue weighted by atomic mass is 9.98. The third-order valence-electron chi connectivity index (χ3n) is 6.59. The zero-order valence-corrected chi connectivity index (χ0v) is 18.3. The van der Waals surface area contributed by atoms with E-state index in [1.165, 1.54) is 0 Å². The Morgan fingerprint density at radius 1 is 0.765 bits per heavy atom. The highest BCUT2D eigenvalue weighted by Gasteiger charge is 2.18. The van der Waals surface area contributed by atoms with Gasteiger partial charge in [0.15, 0.2) is 0 Å². The maximum atomic E-state index is 13.0. The first kappa shape index (κ1) is 19.3. The van der Waals surface area contributed by atoms with Crippen LogP contribution in [0.2, 0.25) is 0 Å². The summed E-state index contributed by atoms with van der Waals surface area (Å²) in [5.74, 6) is 0. The predicted octanol–water partition coefficient (Wildman–Crippen LogP) is 5.74. The molecular formula is C28H20N2O4. The molecule has 6 heteroatoms. The Balaban J connectivity index is 1.39. The van der Waals surface area contributed by atoms with Crippen molar-refractivity contribution in [3.05, 3.63) is 83.2 Å². The second-order valence-corrected chi connectivity index (χ2v) is 8.56. The van der Waals surface area contributed by atoms with Gasteiger partial charge in [-0.25, -0.2) is 0 Å². The van der Waals surface area contributed by atoms with Crippen LogP contribution in [0.5, 0.6) is 0 Å². The molecule has 0 saturated carbocycles. The van der Waals surface area contributed by atoms with Gasteiger partial charge in [-0.1, -0.05) is 54.6 Å². The second-order valence-electron chi connectivity index (χ2n) is 8.56. The molecule has 166 valence electrons. The monoisotopic (exact) mass is 448 g/mol. The first-order valence-corrected chi connectivity index (χ1v) is 11.4. The zero-order chi connectivity index (χ0) is 22.6. The molecule has 0 amide bonds. The van der Waals surface area contributed by atoms with Crippen molar-refractivity contribution in [2.24, 2.45) is 0 Å². The molecular weight excluding hydrogens is 428 g/mol. The zero-order valence-electron chi connectivity index (χ0n) is 18.3. The normalized spacial score (nSPS) is 14.5. The van der Waals surface area contributed by atoms with Crippen molar-refractivity contribution in [2.45, 2.75) is 0 Å². The highest BCUT2D eigenvalue weighted by atomic mass is 16.5. The Hall–Kier alpha value is -4.16. The van der Waals surface area contributed by atoms with Gasteiger partial charge in [-0.2, -0.15) is 4.98 Å². The highest BCUT2D eigenvalue weighted by molar-refractivity contribution is 6.11. The number of ether oxygens (including phenoxy) is 1. The van der Waals surface area contributed by atoms with E-state index in [0.717, 1.165) is 43.8 Å². The predicted molar refractivity (Wildman–Crippen MR) is 134 cm³/mol. The molecule has 6 nitrogen and oxygen atoms in total. The van der Waals surface area contributed by atoms with Gasteiger partial charge in [0.2, 0.25) is 0 Å². The number of hydrogen-bond acceptors (Lipinski definition) is 6. The molecule has 1 saturated heterocycles. The van der Waals surface area contributed by atoms with E-state index in [9.17, 15) is 4.79 Å². The molecule has 34 heavy (non-hydrogen) atoms. The van der Waals surface area contributed by atoms with E-state index >= 15 is 0 Å². The number of benzene rings is 4. The molecule has 0 radical (unpaired) electrons. The minimum absolute atomic E-state index is 0.277. The summed E-state index contributed by atoms with van der Waals surface area (Å²) >= 11 is 0. The number of morpholine rings is 1. The molecule has 1 fully saturated rings. The van der Waals surface area contributed by atoms with E-state index in [2.05, 4.69) is 35.3 Å². The summed E-state index contributed by atoms with van der Waals surface area (Å²) in [6.07, 6.45) is 0. The van der Waals surface area contributed by atoms with Crippen molar-refractivity contribution in [2.75, 3.05) is 31.2 Å².